The number of rotatable bonds is 9. The molecule has 2 aliphatic rings. The lowest BCUT2D eigenvalue weighted by atomic mass is 10.0. The number of β-lactam (4-membered cyclic amide) rings is 1. The van der Waals surface area contributed by atoms with Crippen molar-refractivity contribution in [3.63, 3.8) is 0 Å². The second-order valence-electron chi connectivity index (χ2n) is 7.38. The maximum Gasteiger partial charge on any atom is 0.352 e. The van der Waals surface area contributed by atoms with Gasteiger partial charge in [-0.3, -0.25) is 19.2 Å². The third-order valence-corrected chi connectivity index (χ3v) is 8.73. The summed E-state index contributed by atoms with van der Waals surface area (Å²) in [6, 6.07) is -1.04. The highest BCUT2D eigenvalue weighted by atomic mass is 32.2. The molecule has 188 valence electrons. The standard InChI is InChI=1S/C16H18N8O7S4/c1-23-16(19-21-22-23)34-4-6-3-32-13-8(12(27)24(13)9(6)14(28)29)18-11(26)10(25)7-5-33-15(17-7)20-35(2,30)31/h5,8,10,13,25H,3-4H2,1-2H3,(H,17,20)(H,18,26)(H,28,29)/t8?,10?,13-/m0/s1. The van der Waals surface area contributed by atoms with E-state index in [-0.39, 0.29) is 22.3 Å². The number of hydrogen-bond acceptors (Lipinski definition) is 13. The monoisotopic (exact) mass is 562 g/mol. The fourth-order valence-electron chi connectivity index (χ4n) is 3.27. The van der Waals surface area contributed by atoms with E-state index in [2.05, 4.69) is 30.5 Å². The average Bonchev–Trinajstić information content (AvgIpc) is 3.41. The minimum absolute atomic E-state index is 0.0261. The molecule has 35 heavy (non-hydrogen) atoms. The molecule has 1 fully saturated rings. The van der Waals surface area contributed by atoms with Crippen molar-refractivity contribution < 1.29 is 33.0 Å². The van der Waals surface area contributed by atoms with E-state index in [1.165, 1.54) is 33.6 Å². The van der Waals surface area contributed by atoms with Crippen LogP contribution in [0.5, 0.6) is 0 Å². The molecule has 0 spiro atoms. The first-order valence-corrected chi connectivity index (χ1v) is 14.4. The molecule has 4 rings (SSSR count). The first kappa shape index (κ1) is 25.4. The van der Waals surface area contributed by atoms with Crippen LogP contribution in [0.4, 0.5) is 5.13 Å². The Hall–Kier alpha value is -2.74. The zero-order chi connectivity index (χ0) is 25.5. The number of thioether (sulfide) groups is 2. The quantitative estimate of drug-likeness (QED) is 0.205. The Morgan fingerprint density at radius 2 is 2.14 bits per heavy atom. The summed E-state index contributed by atoms with van der Waals surface area (Å²) in [4.78, 5) is 42.3. The number of aliphatic hydroxyl groups excluding tert-OH is 1. The number of tetrazole rings is 1. The number of thiazole rings is 1. The van der Waals surface area contributed by atoms with Crippen LogP contribution in [0, 0.1) is 0 Å². The molecule has 0 saturated carbocycles. The van der Waals surface area contributed by atoms with Crippen LogP contribution in [0.25, 0.3) is 0 Å². The third-order valence-electron chi connectivity index (χ3n) is 4.83. The lowest BCUT2D eigenvalue weighted by molar-refractivity contribution is -0.151. The highest BCUT2D eigenvalue weighted by molar-refractivity contribution is 8.01. The summed E-state index contributed by atoms with van der Waals surface area (Å²) in [5.74, 6) is -2.26. The van der Waals surface area contributed by atoms with Crippen molar-refractivity contribution >= 4 is 67.8 Å². The minimum Gasteiger partial charge on any atom is -0.477 e. The number of carbonyl (C=O) groups is 3. The van der Waals surface area contributed by atoms with E-state index in [1.807, 2.05) is 0 Å². The van der Waals surface area contributed by atoms with E-state index in [1.54, 1.807) is 7.05 Å². The zero-order valence-corrected chi connectivity index (χ0v) is 21.2. The van der Waals surface area contributed by atoms with Crippen molar-refractivity contribution in [1.82, 2.24) is 35.4 Å². The lowest BCUT2D eigenvalue weighted by Crippen LogP contribution is -2.70. The van der Waals surface area contributed by atoms with E-state index in [0.29, 0.717) is 16.5 Å². The number of fused-ring (bicyclic) bond motifs is 1. The van der Waals surface area contributed by atoms with Crippen LogP contribution in [0.1, 0.15) is 11.8 Å². The molecule has 2 aliphatic heterocycles. The Labute approximate surface area is 210 Å². The molecular weight excluding hydrogens is 544 g/mol. The minimum atomic E-state index is -3.58. The molecule has 2 aromatic rings. The molecule has 4 N–H and O–H groups in total. The van der Waals surface area contributed by atoms with E-state index in [0.717, 1.165) is 22.5 Å². The number of aliphatic carboxylic acids is 1. The molecule has 4 heterocycles. The van der Waals surface area contributed by atoms with Crippen LogP contribution in [-0.2, 0) is 31.5 Å². The summed E-state index contributed by atoms with van der Waals surface area (Å²) >= 11 is 3.39. The Bertz CT molecular complexity index is 1320. The van der Waals surface area contributed by atoms with E-state index >= 15 is 0 Å². The van der Waals surface area contributed by atoms with Gasteiger partial charge in [0.2, 0.25) is 15.2 Å². The molecule has 19 heteroatoms. The second-order valence-corrected chi connectivity index (χ2v) is 12.0. The zero-order valence-electron chi connectivity index (χ0n) is 18.0. The van der Waals surface area contributed by atoms with Gasteiger partial charge in [0, 0.05) is 23.9 Å². The molecule has 0 aromatic carbocycles. The molecule has 15 nitrogen and oxygen atoms in total. The Balaban J connectivity index is 1.43. The summed E-state index contributed by atoms with van der Waals surface area (Å²) in [5, 5.41) is 34.7. The molecule has 0 radical (unpaired) electrons. The van der Waals surface area contributed by atoms with Gasteiger partial charge < -0.3 is 15.5 Å². The van der Waals surface area contributed by atoms with Gasteiger partial charge in [0.15, 0.2) is 11.2 Å². The van der Waals surface area contributed by atoms with Crippen molar-refractivity contribution in [3.05, 3.63) is 22.3 Å². The lowest BCUT2D eigenvalue weighted by Gasteiger charge is -2.49. The number of carbonyl (C=O) groups excluding carboxylic acids is 2. The summed E-state index contributed by atoms with van der Waals surface area (Å²) in [6.07, 6.45) is -0.817. The van der Waals surface area contributed by atoms with Gasteiger partial charge in [-0.25, -0.2) is 22.9 Å². The highest BCUT2D eigenvalue weighted by Gasteiger charge is 2.54. The molecule has 2 unspecified atom stereocenters. The molecule has 0 aliphatic carbocycles. The summed E-state index contributed by atoms with van der Waals surface area (Å²) < 4.78 is 26.2. The number of anilines is 1. The number of carboxylic acids is 1. The van der Waals surface area contributed by atoms with Crippen molar-refractivity contribution in [1.29, 1.82) is 0 Å². The van der Waals surface area contributed by atoms with Gasteiger partial charge in [-0.15, -0.1) is 28.2 Å². The number of aliphatic hydroxyl groups is 1. The van der Waals surface area contributed by atoms with Gasteiger partial charge in [-0.05, 0) is 16.0 Å². The van der Waals surface area contributed by atoms with Crippen molar-refractivity contribution in [2.75, 3.05) is 22.5 Å². The van der Waals surface area contributed by atoms with Crippen LogP contribution in [0.3, 0.4) is 0 Å². The van der Waals surface area contributed by atoms with Gasteiger partial charge in [-0.2, -0.15) is 0 Å². The maximum absolute atomic E-state index is 12.8. The SMILES string of the molecule is Cn1nnnc1SCC1=C(C(=O)O)N2C(=O)C(NC(=O)C(O)c3csc(NS(C)(=O)=O)n3)[C@@H]2SC1. The molecule has 1 saturated heterocycles. The second kappa shape index (κ2) is 9.72. The smallest absolute Gasteiger partial charge is 0.352 e. The third kappa shape index (κ3) is 5.27. The normalized spacial score (nSPS) is 20.8. The average molecular weight is 563 g/mol. The number of aromatic nitrogens is 5. The van der Waals surface area contributed by atoms with Gasteiger partial charge in [0.05, 0.1) is 11.9 Å². The number of sulfonamides is 1. The Kier molecular flexibility index (Phi) is 7.04. The van der Waals surface area contributed by atoms with Crippen LogP contribution < -0.4 is 10.0 Å². The first-order valence-electron chi connectivity index (χ1n) is 9.63. The number of amides is 2. The fraction of sp³-hybridized carbons (Fsp3) is 0.438. The summed E-state index contributed by atoms with van der Waals surface area (Å²) in [7, 11) is -1.93. The Morgan fingerprint density at radius 3 is 2.77 bits per heavy atom. The van der Waals surface area contributed by atoms with Crippen molar-refractivity contribution in [2.45, 2.75) is 22.7 Å². The maximum atomic E-state index is 12.8. The number of hydrogen-bond donors (Lipinski definition) is 4. The molecule has 2 aromatic heterocycles. The molecule has 2 amide bonds. The van der Waals surface area contributed by atoms with E-state index < -0.39 is 45.3 Å². The Morgan fingerprint density at radius 1 is 1.40 bits per heavy atom. The predicted octanol–water partition coefficient (Wildman–Crippen LogP) is -1.40. The number of nitrogens with one attached hydrogen (secondary N) is 2. The van der Waals surface area contributed by atoms with Gasteiger partial charge in [0.25, 0.3) is 11.8 Å². The van der Waals surface area contributed by atoms with Crippen LogP contribution in [0.15, 0.2) is 21.8 Å². The van der Waals surface area contributed by atoms with Crippen molar-refractivity contribution in [2.24, 2.45) is 7.05 Å². The van der Waals surface area contributed by atoms with Gasteiger partial charge in [0.1, 0.15) is 17.1 Å². The van der Waals surface area contributed by atoms with Crippen LogP contribution >= 0.6 is 34.9 Å². The highest BCUT2D eigenvalue weighted by Crippen LogP contribution is 2.41. The number of carboxylic acid groups (broad SMARTS) is 1. The summed E-state index contributed by atoms with van der Waals surface area (Å²) in [5.41, 5.74) is 0.268. The van der Waals surface area contributed by atoms with Crippen LogP contribution in [0.2, 0.25) is 0 Å². The predicted molar refractivity (Wildman–Crippen MR) is 125 cm³/mol. The van der Waals surface area contributed by atoms with E-state index in [9.17, 15) is 33.0 Å². The van der Waals surface area contributed by atoms with Crippen molar-refractivity contribution in [3.8, 4) is 0 Å². The van der Waals surface area contributed by atoms with E-state index in [4.69, 9.17) is 0 Å². The first-order chi connectivity index (χ1) is 16.5. The summed E-state index contributed by atoms with van der Waals surface area (Å²) in [6.45, 7) is 0. The molecule has 3 atom stereocenters. The number of nitrogens with zero attached hydrogens (tertiary/aromatic N) is 6. The van der Waals surface area contributed by atoms with Gasteiger partial charge in [-0.1, -0.05) is 11.8 Å². The molecule has 0 bridgehead atoms. The molecular formula is C16H18N8O7S4. The largest absolute Gasteiger partial charge is 0.477 e. The fourth-order valence-corrected chi connectivity index (χ4v) is 7.19. The van der Waals surface area contributed by atoms with Crippen LogP contribution in [-0.4, -0.2) is 95.7 Å². The van der Waals surface area contributed by atoms with Gasteiger partial charge >= 0.3 is 5.97 Å². The topological polar surface area (TPSA) is 210 Å². The number of aryl methyl sites for hydroxylation is 1.